The van der Waals surface area contributed by atoms with E-state index in [2.05, 4.69) is 0 Å². The van der Waals surface area contributed by atoms with Gasteiger partial charge in [0.15, 0.2) is 0 Å². The predicted octanol–water partition coefficient (Wildman–Crippen LogP) is 1.52. The molecular formula is C10H14FN3O2. The van der Waals surface area contributed by atoms with E-state index in [4.69, 9.17) is 5.73 Å². The Morgan fingerprint density at radius 1 is 1.56 bits per heavy atom. The summed E-state index contributed by atoms with van der Waals surface area (Å²) >= 11 is 0. The van der Waals surface area contributed by atoms with Gasteiger partial charge in [-0.3, -0.25) is 10.1 Å². The van der Waals surface area contributed by atoms with Crippen LogP contribution in [0.2, 0.25) is 0 Å². The molecule has 1 aromatic rings. The Kier molecular flexibility index (Phi) is 4.19. The van der Waals surface area contributed by atoms with Gasteiger partial charge in [-0.15, -0.1) is 0 Å². The van der Waals surface area contributed by atoms with E-state index in [0.717, 1.165) is 6.07 Å². The Morgan fingerprint density at radius 3 is 2.75 bits per heavy atom. The Bertz CT molecular complexity index is 384. The van der Waals surface area contributed by atoms with E-state index < -0.39 is 10.7 Å². The van der Waals surface area contributed by atoms with Crippen LogP contribution in [0, 0.1) is 15.9 Å². The number of hydrogen-bond donors (Lipinski definition) is 1. The number of nitro benzene ring substituents is 1. The summed E-state index contributed by atoms with van der Waals surface area (Å²) in [5.41, 5.74) is 5.59. The molecule has 0 bridgehead atoms. The molecule has 0 aromatic heterocycles. The first-order valence-electron chi connectivity index (χ1n) is 4.99. The van der Waals surface area contributed by atoms with Gasteiger partial charge in [-0.1, -0.05) is 0 Å². The molecule has 0 heterocycles. The van der Waals surface area contributed by atoms with Gasteiger partial charge in [0.25, 0.3) is 5.69 Å². The molecule has 0 aliphatic carbocycles. The largest absolute Gasteiger partial charge is 0.365 e. The lowest BCUT2D eigenvalue weighted by molar-refractivity contribution is -0.384. The molecule has 0 aliphatic rings. The molecule has 1 aromatic carbocycles. The average molecular weight is 227 g/mol. The molecule has 88 valence electrons. The van der Waals surface area contributed by atoms with Crippen molar-refractivity contribution in [2.45, 2.75) is 6.92 Å². The molecule has 0 saturated heterocycles. The van der Waals surface area contributed by atoms with Crippen molar-refractivity contribution in [2.75, 3.05) is 24.5 Å². The van der Waals surface area contributed by atoms with Gasteiger partial charge in [0, 0.05) is 19.6 Å². The van der Waals surface area contributed by atoms with Gasteiger partial charge in [-0.05, 0) is 19.1 Å². The normalized spacial score (nSPS) is 10.2. The van der Waals surface area contributed by atoms with Crippen molar-refractivity contribution in [1.29, 1.82) is 0 Å². The maximum atomic E-state index is 12.9. The molecule has 0 radical (unpaired) electrons. The summed E-state index contributed by atoms with van der Waals surface area (Å²) in [6, 6.07) is 3.54. The van der Waals surface area contributed by atoms with Crippen molar-refractivity contribution in [3.05, 3.63) is 34.1 Å². The Labute approximate surface area is 92.8 Å². The molecule has 0 aliphatic heterocycles. The van der Waals surface area contributed by atoms with Gasteiger partial charge in [0.1, 0.15) is 11.5 Å². The van der Waals surface area contributed by atoms with Gasteiger partial charge in [0.2, 0.25) is 0 Å². The summed E-state index contributed by atoms with van der Waals surface area (Å²) in [7, 11) is 0. The van der Waals surface area contributed by atoms with Crippen LogP contribution < -0.4 is 10.6 Å². The van der Waals surface area contributed by atoms with Crippen molar-refractivity contribution in [3.8, 4) is 0 Å². The van der Waals surface area contributed by atoms with Gasteiger partial charge in [-0.25, -0.2) is 4.39 Å². The second kappa shape index (κ2) is 5.41. The first kappa shape index (κ1) is 12.4. The van der Waals surface area contributed by atoms with E-state index >= 15 is 0 Å². The average Bonchev–Trinajstić information content (AvgIpc) is 2.26. The minimum absolute atomic E-state index is 0.227. The second-order valence-corrected chi connectivity index (χ2v) is 3.26. The van der Waals surface area contributed by atoms with Crippen molar-refractivity contribution in [3.63, 3.8) is 0 Å². The van der Waals surface area contributed by atoms with Crippen LogP contribution in [0.25, 0.3) is 0 Å². The van der Waals surface area contributed by atoms with E-state index in [-0.39, 0.29) is 5.69 Å². The van der Waals surface area contributed by atoms with Crippen LogP contribution in [0.5, 0.6) is 0 Å². The number of likely N-dealkylation sites (N-methyl/N-ethyl adjacent to an activating group) is 1. The number of anilines is 1. The fourth-order valence-corrected chi connectivity index (χ4v) is 1.51. The van der Waals surface area contributed by atoms with E-state index in [1.807, 2.05) is 6.92 Å². The molecule has 0 spiro atoms. The van der Waals surface area contributed by atoms with Crippen LogP contribution >= 0.6 is 0 Å². The molecule has 0 saturated carbocycles. The third-order valence-corrected chi connectivity index (χ3v) is 2.26. The van der Waals surface area contributed by atoms with Crippen LogP contribution in [0.3, 0.4) is 0 Å². The summed E-state index contributed by atoms with van der Waals surface area (Å²) in [5, 5.41) is 10.8. The highest BCUT2D eigenvalue weighted by atomic mass is 19.1. The maximum Gasteiger partial charge on any atom is 0.295 e. The first-order valence-corrected chi connectivity index (χ1v) is 4.99. The first-order chi connectivity index (χ1) is 7.60. The van der Waals surface area contributed by atoms with Crippen LogP contribution in [0.15, 0.2) is 18.2 Å². The zero-order valence-corrected chi connectivity index (χ0v) is 9.02. The standard InChI is InChI=1S/C10H14FN3O2/c1-2-13(6-5-12)9-4-3-8(11)7-10(9)14(15)16/h3-4,7H,2,5-6,12H2,1H3. The maximum absolute atomic E-state index is 12.9. The third kappa shape index (κ3) is 2.66. The number of nitro groups is 1. The quantitative estimate of drug-likeness (QED) is 0.611. The van der Waals surface area contributed by atoms with Crippen molar-refractivity contribution < 1.29 is 9.31 Å². The molecule has 0 atom stereocenters. The van der Waals surface area contributed by atoms with Crippen molar-refractivity contribution in [1.82, 2.24) is 0 Å². The lowest BCUT2D eigenvalue weighted by Crippen LogP contribution is -2.29. The SMILES string of the molecule is CCN(CCN)c1ccc(F)cc1[N+](=O)[O-]. The van der Waals surface area contributed by atoms with E-state index in [0.29, 0.717) is 25.3 Å². The van der Waals surface area contributed by atoms with Crippen molar-refractivity contribution in [2.24, 2.45) is 5.73 Å². The summed E-state index contributed by atoms with van der Waals surface area (Å²) in [5.74, 6) is -0.612. The summed E-state index contributed by atoms with van der Waals surface area (Å²) in [6.45, 7) is 3.34. The highest BCUT2D eigenvalue weighted by molar-refractivity contribution is 5.63. The zero-order chi connectivity index (χ0) is 12.1. The number of hydrogen-bond acceptors (Lipinski definition) is 4. The van der Waals surface area contributed by atoms with Gasteiger partial charge in [0.05, 0.1) is 11.0 Å². The molecule has 0 unspecified atom stereocenters. The number of rotatable bonds is 5. The third-order valence-electron chi connectivity index (χ3n) is 2.26. The monoisotopic (exact) mass is 227 g/mol. The highest BCUT2D eigenvalue weighted by Crippen LogP contribution is 2.28. The lowest BCUT2D eigenvalue weighted by atomic mass is 10.2. The van der Waals surface area contributed by atoms with Crippen LogP contribution in [0.4, 0.5) is 15.8 Å². The van der Waals surface area contributed by atoms with E-state index in [1.165, 1.54) is 12.1 Å². The summed E-state index contributed by atoms with van der Waals surface area (Å²) < 4.78 is 12.9. The summed E-state index contributed by atoms with van der Waals surface area (Å²) in [4.78, 5) is 11.9. The summed E-state index contributed by atoms with van der Waals surface area (Å²) in [6.07, 6.45) is 0. The van der Waals surface area contributed by atoms with Crippen molar-refractivity contribution >= 4 is 11.4 Å². The fourth-order valence-electron chi connectivity index (χ4n) is 1.51. The number of benzene rings is 1. The minimum Gasteiger partial charge on any atom is -0.365 e. The van der Waals surface area contributed by atoms with Crippen LogP contribution in [0.1, 0.15) is 6.92 Å². The fraction of sp³-hybridized carbons (Fsp3) is 0.400. The van der Waals surface area contributed by atoms with Crippen LogP contribution in [-0.2, 0) is 0 Å². The van der Waals surface area contributed by atoms with E-state index in [9.17, 15) is 14.5 Å². The number of halogens is 1. The molecule has 1 rings (SSSR count). The van der Waals surface area contributed by atoms with Gasteiger partial charge >= 0.3 is 0 Å². The predicted molar refractivity (Wildman–Crippen MR) is 60.0 cm³/mol. The molecular weight excluding hydrogens is 213 g/mol. The second-order valence-electron chi connectivity index (χ2n) is 3.26. The number of nitrogens with zero attached hydrogens (tertiary/aromatic N) is 2. The zero-order valence-electron chi connectivity index (χ0n) is 9.02. The Balaban J connectivity index is 3.14. The minimum atomic E-state index is -0.612. The molecule has 5 nitrogen and oxygen atoms in total. The Morgan fingerprint density at radius 2 is 2.25 bits per heavy atom. The Hall–Kier alpha value is -1.69. The molecule has 0 amide bonds. The van der Waals surface area contributed by atoms with Crippen LogP contribution in [-0.4, -0.2) is 24.6 Å². The van der Waals surface area contributed by atoms with Gasteiger partial charge < -0.3 is 10.6 Å². The van der Waals surface area contributed by atoms with E-state index in [1.54, 1.807) is 4.90 Å². The molecule has 0 fully saturated rings. The highest BCUT2D eigenvalue weighted by Gasteiger charge is 2.18. The van der Waals surface area contributed by atoms with Gasteiger partial charge in [-0.2, -0.15) is 0 Å². The molecule has 16 heavy (non-hydrogen) atoms. The smallest absolute Gasteiger partial charge is 0.295 e. The molecule has 2 N–H and O–H groups in total. The lowest BCUT2D eigenvalue weighted by Gasteiger charge is -2.21. The topological polar surface area (TPSA) is 72.4 Å². The number of nitrogens with two attached hydrogens (primary N) is 1. The molecule has 6 heteroatoms.